The number of hydrogen-bond donors (Lipinski definition) is 0. The third-order valence-electron chi connectivity index (χ3n) is 18.8. The highest BCUT2D eigenvalue weighted by molar-refractivity contribution is 5.58. The predicted molar refractivity (Wildman–Crippen MR) is 317 cm³/mol. The van der Waals surface area contributed by atoms with Crippen LogP contribution in [0.1, 0.15) is 0 Å². The van der Waals surface area contributed by atoms with Crippen LogP contribution in [0, 0.1) is 0 Å². The van der Waals surface area contributed by atoms with Crippen molar-refractivity contribution in [3.05, 3.63) is 0 Å². The van der Waals surface area contributed by atoms with Crippen molar-refractivity contribution in [3.8, 4) is 0 Å². The zero-order valence-corrected chi connectivity index (χ0v) is 58.2. The van der Waals surface area contributed by atoms with Crippen molar-refractivity contribution in [2.75, 3.05) is 168 Å². The molecule has 35 nitrogen and oxygen atoms in total. The molecule has 96 heavy (non-hydrogen) atoms. The Kier molecular flexibility index (Phi) is 32.0. The van der Waals surface area contributed by atoms with Gasteiger partial charge in [0.25, 0.3) is 0 Å². The molecule has 0 radical (unpaired) electrons. The molecule has 0 aromatic rings. The molecule has 21 aliphatic heterocycles. The van der Waals surface area contributed by atoms with Crippen LogP contribution in [0.2, 0.25) is 0 Å². The second kappa shape index (κ2) is 38.5. The Morgan fingerprint density at radius 2 is 0.344 bits per heavy atom. The fourth-order valence-corrected chi connectivity index (χ4v) is 14.4. The molecule has 0 saturated carbocycles. The van der Waals surface area contributed by atoms with Crippen LogP contribution in [0.3, 0.4) is 0 Å². The standard InChI is InChI=1S/C61H104O35/c1-64-22-29-36-43(71-8)50(78-15)57(85-29)90-34-27(20-62)84-56(49(77-14)41(34)69-6)93-37-30(23-65-2)87-59(52(80-17)44(37)72-9)95-39-32(25-67-4)89-61(54(82-19)46(39)74-11)96-40-33(26-68-5)88-60(53(81-18)47(40)75-12)94-38-31(24-66-3)86-58(51(79-16)45(38)73-10)91-35-28(21-63)83-55(92-36)48(76-13)42(35)70-7/h20-21,27-61H,22-26H2,1-19H3/t27-,28+,29-,30-,31+,32-,33+,34+,35+,36+,37+,38+,39+,40+,41-,42-,43-,44-,45+,46-,47+,48+,49+,50+,51-,52+,53-,54+,55+,56+,57+,58+,59+,60+,61+/m0/s1. The van der Waals surface area contributed by atoms with Crippen LogP contribution < -0.4 is 0 Å². The molecule has 35 heteroatoms. The average molecular weight is 1400 g/mol. The quantitative estimate of drug-likeness (QED) is 0.0816. The number of aldehydes is 2. The van der Waals surface area contributed by atoms with E-state index in [0.717, 1.165) is 0 Å². The summed E-state index contributed by atoms with van der Waals surface area (Å²) in [4.78, 5) is 26.9. The molecule has 0 unspecified atom stereocenters. The van der Waals surface area contributed by atoms with Gasteiger partial charge in [-0.15, -0.1) is 0 Å². The van der Waals surface area contributed by atoms with Crippen LogP contribution in [0.5, 0.6) is 0 Å². The first-order chi connectivity index (χ1) is 46.7. The summed E-state index contributed by atoms with van der Waals surface area (Å²) in [5.41, 5.74) is 0. The molecular formula is C61H104O35. The lowest BCUT2D eigenvalue weighted by Crippen LogP contribution is -2.69. The van der Waals surface area contributed by atoms with E-state index in [9.17, 15) is 9.59 Å². The smallest absolute Gasteiger partial charge is 0.187 e. The second-order valence-corrected chi connectivity index (χ2v) is 23.7. The molecule has 21 saturated heterocycles. The molecule has 21 aliphatic rings. The van der Waals surface area contributed by atoms with Crippen molar-refractivity contribution < 1.29 is 166 Å². The number of carbonyl (C=O) groups is 2. The summed E-state index contributed by atoms with van der Waals surface area (Å²) >= 11 is 0. The van der Waals surface area contributed by atoms with E-state index in [2.05, 4.69) is 0 Å². The minimum absolute atomic E-state index is 0.0667. The molecule has 21 rings (SSSR count). The Bertz CT molecular complexity index is 2220. The Morgan fingerprint density at radius 3 is 0.490 bits per heavy atom. The van der Waals surface area contributed by atoms with Gasteiger partial charge in [0.1, 0.15) is 171 Å². The first-order valence-corrected chi connectivity index (χ1v) is 31.6. The summed E-state index contributed by atoms with van der Waals surface area (Å²) < 4.78 is 211. The number of hydrogen-bond acceptors (Lipinski definition) is 35. The highest BCUT2D eigenvalue weighted by Crippen LogP contribution is 2.43. The number of methoxy groups -OCH3 is 19. The van der Waals surface area contributed by atoms with Crippen LogP contribution in [0.15, 0.2) is 0 Å². The fourth-order valence-electron chi connectivity index (χ4n) is 14.4. The summed E-state index contributed by atoms with van der Waals surface area (Å²) in [7, 11) is 27.6. The normalized spacial score (nSPS) is 46.7. The van der Waals surface area contributed by atoms with Crippen molar-refractivity contribution in [2.24, 2.45) is 0 Å². The van der Waals surface area contributed by atoms with Gasteiger partial charge in [-0.1, -0.05) is 0 Å². The van der Waals surface area contributed by atoms with E-state index in [1.807, 2.05) is 0 Å². The highest BCUT2D eigenvalue weighted by Gasteiger charge is 2.62. The van der Waals surface area contributed by atoms with E-state index < -0.39 is 215 Å². The first kappa shape index (κ1) is 79.7. The van der Waals surface area contributed by atoms with E-state index in [-0.39, 0.29) is 33.0 Å². The molecule has 21 heterocycles. The number of ether oxygens (including phenoxy) is 33. The molecule has 0 aromatic carbocycles. The Labute approximate surface area is 560 Å². The van der Waals surface area contributed by atoms with Gasteiger partial charge in [0.2, 0.25) is 0 Å². The maximum absolute atomic E-state index is 13.5. The van der Waals surface area contributed by atoms with Crippen molar-refractivity contribution in [1.29, 1.82) is 0 Å². The lowest BCUT2D eigenvalue weighted by molar-refractivity contribution is -0.401. The van der Waals surface area contributed by atoms with Crippen molar-refractivity contribution in [3.63, 3.8) is 0 Å². The third-order valence-corrected chi connectivity index (χ3v) is 18.8. The van der Waals surface area contributed by atoms with E-state index in [0.29, 0.717) is 12.6 Å². The topological polar surface area (TPSA) is 339 Å². The predicted octanol–water partition coefficient (Wildman–Crippen LogP) is -2.39. The zero-order valence-electron chi connectivity index (χ0n) is 58.2. The minimum atomic E-state index is -1.43. The lowest BCUT2D eigenvalue weighted by atomic mass is 9.94. The van der Waals surface area contributed by atoms with Gasteiger partial charge in [0.05, 0.1) is 33.0 Å². The van der Waals surface area contributed by atoms with Crippen molar-refractivity contribution in [1.82, 2.24) is 0 Å². The maximum Gasteiger partial charge on any atom is 0.187 e. The van der Waals surface area contributed by atoms with E-state index >= 15 is 0 Å². The van der Waals surface area contributed by atoms with Crippen LogP contribution in [-0.2, 0) is 166 Å². The van der Waals surface area contributed by atoms with Gasteiger partial charge in [-0.2, -0.15) is 0 Å². The monoisotopic (exact) mass is 1400 g/mol. The molecular weight excluding hydrogens is 1290 g/mol. The first-order valence-electron chi connectivity index (χ1n) is 31.6. The van der Waals surface area contributed by atoms with Crippen LogP contribution >= 0.6 is 0 Å². The van der Waals surface area contributed by atoms with Gasteiger partial charge >= 0.3 is 0 Å². The third kappa shape index (κ3) is 16.8. The van der Waals surface area contributed by atoms with Gasteiger partial charge in [-0.05, 0) is 0 Å². The van der Waals surface area contributed by atoms with Crippen LogP contribution in [-0.4, -0.2) is 396 Å². The van der Waals surface area contributed by atoms with E-state index in [1.165, 1.54) is 135 Å². The molecule has 0 aliphatic carbocycles. The Balaban J connectivity index is 1.22. The average Bonchev–Trinajstić information content (AvgIpc) is 0.772. The summed E-state index contributed by atoms with van der Waals surface area (Å²) in [5.74, 6) is 0. The van der Waals surface area contributed by atoms with Crippen molar-refractivity contribution in [2.45, 2.75) is 215 Å². The van der Waals surface area contributed by atoms with Gasteiger partial charge in [0, 0.05) is 135 Å². The van der Waals surface area contributed by atoms with Gasteiger partial charge in [-0.3, -0.25) is 0 Å². The molecule has 14 bridgehead atoms. The largest absolute Gasteiger partial charge is 0.382 e. The number of carbonyl (C=O) groups excluding carboxylic acids is 2. The van der Waals surface area contributed by atoms with Crippen LogP contribution in [0.4, 0.5) is 0 Å². The van der Waals surface area contributed by atoms with Gasteiger partial charge < -0.3 is 166 Å². The summed E-state index contributed by atoms with van der Waals surface area (Å²) in [5, 5.41) is 0. The highest BCUT2D eigenvalue weighted by atomic mass is 16.8. The van der Waals surface area contributed by atoms with Crippen LogP contribution in [0.25, 0.3) is 0 Å². The van der Waals surface area contributed by atoms with Gasteiger partial charge in [0.15, 0.2) is 56.6 Å². The Morgan fingerprint density at radius 1 is 0.198 bits per heavy atom. The molecule has 0 spiro atoms. The van der Waals surface area contributed by atoms with Crippen molar-refractivity contribution >= 4 is 12.6 Å². The SMILES string of the molecule is COC[C@@H]1O[C@@H]2O[C@H]3[C@H](OC)[C@@H](OC)[C@@H](O[C@H]4[C@@H](OC)[C@H](OC)[C@@H](O[C@H]5[C@@H](OC)[C@H](OC)[C@@H](O[C@H]6[C@H](OC)[C@@H](OC)[C@@H](O[C@H]7[C@H](OC)[C@@H](OC)[C@@H](O[C@H]8[C@H](OC)[C@@H](OC)[C@@H](O[C@H]1[C@H](OC)[C@H]2OC)O[C@H]8C=O)O[C@H]7COC)O[C@@H]6C=O)O[C@@H]5COC)O[C@@H]4COC)O[C@H]3COC. The Hall–Kier alpha value is -1.98. The second-order valence-electron chi connectivity index (χ2n) is 23.7. The molecule has 0 amide bonds. The summed E-state index contributed by atoms with van der Waals surface area (Å²) in [6, 6.07) is 0. The maximum atomic E-state index is 13.5. The van der Waals surface area contributed by atoms with Gasteiger partial charge in [-0.25, -0.2) is 0 Å². The summed E-state index contributed by atoms with van der Waals surface area (Å²) in [6.07, 6.45) is -38.9. The molecule has 35 atom stereocenters. The zero-order chi connectivity index (χ0) is 69.5. The minimum Gasteiger partial charge on any atom is -0.382 e. The fraction of sp³-hybridized carbons (Fsp3) is 0.967. The molecule has 558 valence electrons. The lowest BCUT2D eigenvalue weighted by Gasteiger charge is -2.52. The van der Waals surface area contributed by atoms with E-state index in [1.54, 1.807) is 0 Å². The van der Waals surface area contributed by atoms with E-state index in [4.69, 9.17) is 156 Å². The summed E-state index contributed by atoms with van der Waals surface area (Å²) in [6.45, 7) is -0.452. The molecule has 0 N–H and O–H groups in total. The number of rotatable bonds is 26. The molecule has 0 aromatic heterocycles. The molecule has 21 fully saturated rings.